The molecular formula is C18H15ClF3N5O2S2. The number of pyridine rings is 1. The van der Waals surface area contributed by atoms with Gasteiger partial charge in [-0.25, -0.2) is 23.4 Å². The van der Waals surface area contributed by atoms with Crippen LogP contribution in [-0.4, -0.2) is 38.3 Å². The van der Waals surface area contributed by atoms with E-state index in [0.717, 1.165) is 12.3 Å². The molecule has 0 radical (unpaired) electrons. The Balaban J connectivity index is 2.01. The van der Waals surface area contributed by atoms with E-state index in [0.29, 0.717) is 21.2 Å². The van der Waals surface area contributed by atoms with E-state index in [2.05, 4.69) is 15.0 Å². The summed E-state index contributed by atoms with van der Waals surface area (Å²) in [6, 6.07) is 2.49. The van der Waals surface area contributed by atoms with Gasteiger partial charge in [-0.2, -0.15) is 13.2 Å². The molecule has 31 heavy (non-hydrogen) atoms. The Morgan fingerprint density at radius 1 is 1.13 bits per heavy atom. The van der Waals surface area contributed by atoms with E-state index in [1.807, 2.05) is 0 Å². The van der Waals surface area contributed by atoms with Gasteiger partial charge < -0.3 is 9.13 Å². The van der Waals surface area contributed by atoms with Crippen molar-refractivity contribution in [2.75, 3.05) is 5.75 Å². The van der Waals surface area contributed by atoms with Crippen molar-refractivity contribution in [3.05, 3.63) is 34.4 Å². The number of alkyl halides is 3. The first-order chi connectivity index (χ1) is 14.4. The first-order valence-electron chi connectivity index (χ1n) is 8.88. The van der Waals surface area contributed by atoms with Gasteiger partial charge in [-0.15, -0.1) is 11.3 Å². The summed E-state index contributed by atoms with van der Waals surface area (Å²) >= 11 is 7.31. The first kappa shape index (κ1) is 21.8. The second-order valence-corrected chi connectivity index (χ2v) is 10.3. The number of hydrogen-bond acceptors (Lipinski definition) is 6. The summed E-state index contributed by atoms with van der Waals surface area (Å²) in [5.41, 5.74) is -0.683. The highest BCUT2D eigenvalue weighted by Gasteiger charge is 2.34. The fourth-order valence-corrected chi connectivity index (χ4v) is 5.53. The Labute approximate surface area is 184 Å². The molecule has 0 saturated carbocycles. The summed E-state index contributed by atoms with van der Waals surface area (Å²) in [4.78, 5) is 12.9. The van der Waals surface area contributed by atoms with Crippen LogP contribution < -0.4 is 0 Å². The molecule has 0 atom stereocenters. The molecule has 0 aliphatic rings. The second kappa shape index (κ2) is 7.31. The lowest BCUT2D eigenvalue weighted by Gasteiger charge is -2.07. The number of hydrogen-bond donors (Lipinski definition) is 0. The van der Waals surface area contributed by atoms with Gasteiger partial charge in [-0.3, -0.25) is 0 Å². The molecule has 4 rings (SSSR count). The molecule has 0 bridgehead atoms. The number of aryl methyl sites for hydroxylation is 1. The van der Waals surface area contributed by atoms with Crippen LogP contribution >= 0.6 is 22.9 Å². The molecule has 0 unspecified atom stereocenters. The zero-order valence-corrected chi connectivity index (χ0v) is 18.8. The Kier molecular flexibility index (Phi) is 5.14. The lowest BCUT2D eigenvalue weighted by atomic mass is 10.3. The fourth-order valence-electron chi connectivity index (χ4n) is 3.23. The van der Waals surface area contributed by atoms with Crippen LogP contribution in [0, 0.1) is 0 Å². The molecule has 0 saturated heterocycles. The third kappa shape index (κ3) is 3.62. The SMILES string of the molecule is CCS(=O)(=O)c1c(-c2nc3cc(C(F)(F)F)ncc3n2C)nc(-c2cc(Cl)cs2)n1C. The minimum atomic E-state index is -4.63. The maximum absolute atomic E-state index is 13.1. The first-order valence-corrected chi connectivity index (χ1v) is 11.8. The molecule has 13 heteroatoms. The molecule has 0 amide bonds. The van der Waals surface area contributed by atoms with Crippen LogP contribution in [0.2, 0.25) is 5.02 Å². The zero-order valence-electron chi connectivity index (χ0n) is 16.4. The van der Waals surface area contributed by atoms with Crippen molar-refractivity contribution in [3.8, 4) is 22.2 Å². The fraction of sp³-hybridized carbons (Fsp3) is 0.278. The van der Waals surface area contributed by atoms with Crippen LogP contribution in [-0.2, 0) is 30.1 Å². The molecular weight excluding hydrogens is 475 g/mol. The number of halogens is 4. The Bertz CT molecular complexity index is 1420. The van der Waals surface area contributed by atoms with E-state index in [-0.39, 0.29) is 27.8 Å². The molecule has 164 valence electrons. The van der Waals surface area contributed by atoms with Crippen molar-refractivity contribution in [3.63, 3.8) is 0 Å². The summed E-state index contributed by atoms with van der Waals surface area (Å²) in [6.07, 6.45) is -3.56. The van der Waals surface area contributed by atoms with Crippen LogP contribution in [0.1, 0.15) is 12.6 Å². The average Bonchev–Trinajstić information content (AvgIpc) is 3.36. The number of nitrogens with zero attached hydrogens (tertiary/aromatic N) is 5. The van der Waals surface area contributed by atoms with Crippen molar-refractivity contribution in [1.29, 1.82) is 0 Å². The molecule has 0 aliphatic carbocycles. The average molecular weight is 490 g/mol. The van der Waals surface area contributed by atoms with Crippen LogP contribution in [0.25, 0.3) is 33.3 Å². The van der Waals surface area contributed by atoms with Gasteiger partial charge >= 0.3 is 6.18 Å². The molecule has 4 aromatic rings. The van der Waals surface area contributed by atoms with Crippen molar-refractivity contribution in [2.24, 2.45) is 14.1 Å². The van der Waals surface area contributed by atoms with Crippen LogP contribution in [0.15, 0.2) is 28.7 Å². The van der Waals surface area contributed by atoms with Gasteiger partial charge in [0.25, 0.3) is 0 Å². The van der Waals surface area contributed by atoms with Gasteiger partial charge in [-0.1, -0.05) is 18.5 Å². The van der Waals surface area contributed by atoms with Crippen molar-refractivity contribution < 1.29 is 21.6 Å². The number of aromatic nitrogens is 5. The van der Waals surface area contributed by atoms with Gasteiger partial charge in [-0.05, 0) is 12.1 Å². The summed E-state index contributed by atoms with van der Waals surface area (Å²) in [5, 5.41) is 2.11. The van der Waals surface area contributed by atoms with E-state index in [1.165, 1.54) is 27.4 Å². The van der Waals surface area contributed by atoms with Gasteiger partial charge in [0.2, 0.25) is 0 Å². The summed E-state index contributed by atoms with van der Waals surface area (Å²) < 4.78 is 67.9. The highest BCUT2D eigenvalue weighted by atomic mass is 35.5. The summed E-state index contributed by atoms with van der Waals surface area (Å²) in [5.74, 6) is 0.293. The highest BCUT2D eigenvalue weighted by Crippen LogP contribution is 2.36. The molecule has 0 spiro atoms. The molecule has 0 aliphatic heterocycles. The predicted octanol–water partition coefficient (Wildman–Crippen LogP) is 4.56. The topological polar surface area (TPSA) is 82.7 Å². The number of rotatable bonds is 4. The van der Waals surface area contributed by atoms with E-state index in [9.17, 15) is 21.6 Å². The summed E-state index contributed by atoms with van der Waals surface area (Å²) in [6.45, 7) is 1.50. The molecule has 7 nitrogen and oxygen atoms in total. The Morgan fingerprint density at radius 3 is 2.42 bits per heavy atom. The van der Waals surface area contributed by atoms with E-state index in [1.54, 1.807) is 25.5 Å². The minimum absolute atomic E-state index is 0.0334. The van der Waals surface area contributed by atoms with Crippen molar-refractivity contribution >= 4 is 43.8 Å². The number of imidazole rings is 2. The van der Waals surface area contributed by atoms with E-state index >= 15 is 0 Å². The number of thiophene rings is 1. The third-order valence-corrected chi connectivity index (χ3v) is 7.86. The second-order valence-electron chi connectivity index (χ2n) is 6.73. The molecule has 0 aromatic carbocycles. The van der Waals surface area contributed by atoms with Crippen molar-refractivity contribution in [2.45, 2.75) is 18.1 Å². The van der Waals surface area contributed by atoms with Crippen LogP contribution in [0.3, 0.4) is 0 Å². The maximum Gasteiger partial charge on any atom is 0.433 e. The smallest absolute Gasteiger partial charge is 0.324 e. The summed E-state index contributed by atoms with van der Waals surface area (Å²) in [7, 11) is -0.619. The Morgan fingerprint density at radius 2 is 1.84 bits per heavy atom. The number of fused-ring (bicyclic) bond motifs is 1. The molecule has 0 fully saturated rings. The quantitative estimate of drug-likeness (QED) is 0.419. The van der Waals surface area contributed by atoms with Gasteiger partial charge in [0, 0.05) is 19.5 Å². The third-order valence-electron chi connectivity index (χ3n) is 4.77. The van der Waals surface area contributed by atoms with Gasteiger partial charge in [0.15, 0.2) is 26.5 Å². The van der Waals surface area contributed by atoms with Gasteiger partial charge in [0.1, 0.15) is 11.4 Å². The molecule has 4 aromatic heterocycles. The monoisotopic (exact) mass is 489 g/mol. The zero-order chi connectivity index (χ0) is 22.7. The van der Waals surface area contributed by atoms with E-state index < -0.39 is 21.7 Å². The number of sulfone groups is 1. The highest BCUT2D eigenvalue weighted by molar-refractivity contribution is 7.91. The predicted molar refractivity (Wildman–Crippen MR) is 112 cm³/mol. The van der Waals surface area contributed by atoms with Crippen LogP contribution in [0.5, 0.6) is 0 Å². The lowest BCUT2D eigenvalue weighted by Crippen LogP contribution is -2.11. The van der Waals surface area contributed by atoms with Crippen LogP contribution in [0.4, 0.5) is 13.2 Å². The normalized spacial score (nSPS) is 12.7. The maximum atomic E-state index is 13.1. The molecule has 4 heterocycles. The largest absolute Gasteiger partial charge is 0.433 e. The minimum Gasteiger partial charge on any atom is -0.324 e. The standard InChI is InChI=1S/C18H15ClF3N5O2S2/c1-4-31(28,29)17-14(25-15(27(17)3)12-5-9(19)8-30-12)16-24-10-6-13(18(20,21)22)23-7-11(10)26(16)2/h5-8H,4H2,1-3H3. The van der Waals surface area contributed by atoms with E-state index in [4.69, 9.17) is 11.6 Å². The van der Waals surface area contributed by atoms with Crippen molar-refractivity contribution in [1.82, 2.24) is 24.1 Å². The van der Waals surface area contributed by atoms with Gasteiger partial charge in [0.05, 0.1) is 32.9 Å². The Hall–Kier alpha value is -2.44. The molecule has 0 N–H and O–H groups in total. The lowest BCUT2D eigenvalue weighted by molar-refractivity contribution is -0.141.